The largest absolute Gasteiger partial charge is 0.493 e. The van der Waals surface area contributed by atoms with E-state index in [4.69, 9.17) is 9.47 Å². The van der Waals surface area contributed by atoms with Gasteiger partial charge in [-0.2, -0.15) is 0 Å². The van der Waals surface area contributed by atoms with Gasteiger partial charge in [-0.3, -0.25) is 4.79 Å². The van der Waals surface area contributed by atoms with Gasteiger partial charge in [-0.1, -0.05) is 6.07 Å². The molecule has 5 nitrogen and oxygen atoms in total. The summed E-state index contributed by atoms with van der Waals surface area (Å²) in [5.74, 6) is 1.65. The Kier molecular flexibility index (Phi) is 8.06. The van der Waals surface area contributed by atoms with Crippen molar-refractivity contribution in [3.05, 3.63) is 23.8 Å². The lowest BCUT2D eigenvalue weighted by molar-refractivity contribution is -0.130. The number of hydrogen-bond donors (Lipinski definition) is 1. The van der Waals surface area contributed by atoms with Crippen molar-refractivity contribution in [1.29, 1.82) is 0 Å². The van der Waals surface area contributed by atoms with Crippen LogP contribution >= 0.6 is 12.4 Å². The Hall–Kier alpha value is -1.46. The smallest absolute Gasteiger partial charge is 0.222 e. The number of hydrogen-bond acceptors (Lipinski definition) is 4. The summed E-state index contributed by atoms with van der Waals surface area (Å²) in [5, 5.41) is 3.31. The Morgan fingerprint density at radius 1 is 1.18 bits per heavy atom. The van der Waals surface area contributed by atoms with Crippen LogP contribution in [0.1, 0.15) is 18.4 Å². The average Bonchev–Trinajstić information content (AvgIpc) is 2.81. The lowest BCUT2D eigenvalue weighted by atomic mass is 10.1. The monoisotopic (exact) mass is 328 g/mol. The van der Waals surface area contributed by atoms with E-state index in [0.717, 1.165) is 44.6 Å². The summed E-state index contributed by atoms with van der Waals surface area (Å²) in [5.41, 5.74) is 1.09. The summed E-state index contributed by atoms with van der Waals surface area (Å²) in [6.07, 6.45) is 2.29. The zero-order valence-corrected chi connectivity index (χ0v) is 14.1. The molecular formula is C16H25ClN2O3. The number of nitrogens with zero attached hydrogens (tertiary/aromatic N) is 1. The third-order valence-electron chi connectivity index (χ3n) is 3.77. The lowest BCUT2D eigenvalue weighted by Crippen LogP contribution is -2.34. The topological polar surface area (TPSA) is 50.8 Å². The van der Waals surface area contributed by atoms with Gasteiger partial charge in [0, 0.05) is 26.1 Å². The minimum Gasteiger partial charge on any atom is -0.493 e. The fourth-order valence-corrected chi connectivity index (χ4v) is 2.54. The minimum atomic E-state index is 0. The highest BCUT2D eigenvalue weighted by atomic mass is 35.5. The number of methoxy groups -OCH3 is 2. The van der Waals surface area contributed by atoms with Crippen molar-refractivity contribution < 1.29 is 14.3 Å². The van der Waals surface area contributed by atoms with E-state index in [1.807, 2.05) is 23.1 Å². The molecule has 1 aromatic rings. The fourth-order valence-electron chi connectivity index (χ4n) is 2.54. The van der Waals surface area contributed by atoms with Crippen molar-refractivity contribution in [2.45, 2.75) is 19.3 Å². The molecule has 0 aliphatic carbocycles. The van der Waals surface area contributed by atoms with Crippen molar-refractivity contribution in [3.8, 4) is 11.5 Å². The summed E-state index contributed by atoms with van der Waals surface area (Å²) >= 11 is 0. The molecule has 0 bridgehead atoms. The first kappa shape index (κ1) is 18.6. The van der Waals surface area contributed by atoms with Crippen LogP contribution in [0.25, 0.3) is 0 Å². The summed E-state index contributed by atoms with van der Waals surface area (Å²) in [6, 6.07) is 5.81. The second-order valence-electron chi connectivity index (χ2n) is 5.17. The van der Waals surface area contributed by atoms with E-state index in [9.17, 15) is 4.79 Å². The molecule has 124 valence electrons. The second kappa shape index (κ2) is 9.54. The number of ether oxygens (including phenoxy) is 2. The zero-order valence-electron chi connectivity index (χ0n) is 13.3. The van der Waals surface area contributed by atoms with E-state index in [1.54, 1.807) is 14.2 Å². The van der Waals surface area contributed by atoms with Crippen LogP contribution in [0.15, 0.2) is 18.2 Å². The molecule has 1 heterocycles. The Bertz CT molecular complexity index is 474. The van der Waals surface area contributed by atoms with Crippen LogP contribution in [0.2, 0.25) is 0 Å². The Morgan fingerprint density at radius 2 is 1.95 bits per heavy atom. The van der Waals surface area contributed by atoms with Gasteiger partial charge in [0.25, 0.3) is 0 Å². The van der Waals surface area contributed by atoms with Gasteiger partial charge in [0.2, 0.25) is 5.91 Å². The third-order valence-corrected chi connectivity index (χ3v) is 3.77. The third kappa shape index (κ3) is 5.07. The van der Waals surface area contributed by atoms with Gasteiger partial charge < -0.3 is 19.7 Å². The Balaban J connectivity index is 0.00000242. The molecule has 1 saturated heterocycles. The first-order chi connectivity index (χ1) is 10.2. The van der Waals surface area contributed by atoms with E-state index < -0.39 is 0 Å². The minimum absolute atomic E-state index is 0. The van der Waals surface area contributed by atoms with Crippen LogP contribution in [0, 0.1) is 0 Å². The van der Waals surface area contributed by atoms with E-state index in [1.165, 1.54) is 0 Å². The predicted octanol–water partition coefficient (Wildman–Crippen LogP) is 1.88. The molecule has 1 fully saturated rings. The number of benzene rings is 1. The molecule has 0 unspecified atom stereocenters. The van der Waals surface area contributed by atoms with Crippen molar-refractivity contribution in [1.82, 2.24) is 10.2 Å². The van der Waals surface area contributed by atoms with Crippen molar-refractivity contribution in [2.24, 2.45) is 0 Å². The molecule has 0 aromatic heterocycles. The summed E-state index contributed by atoms with van der Waals surface area (Å²) in [7, 11) is 3.24. The number of rotatable bonds is 5. The van der Waals surface area contributed by atoms with Gasteiger partial charge in [0.05, 0.1) is 14.2 Å². The Morgan fingerprint density at radius 3 is 2.68 bits per heavy atom. The molecule has 0 spiro atoms. The number of amides is 1. The molecule has 2 rings (SSSR count). The van der Waals surface area contributed by atoms with Crippen LogP contribution < -0.4 is 14.8 Å². The molecule has 0 saturated carbocycles. The van der Waals surface area contributed by atoms with E-state index in [-0.39, 0.29) is 18.3 Å². The van der Waals surface area contributed by atoms with E-state index in [0.29, 0.717) is 17.9 Å². The van der Waals surface area contributed by atoms with Crippen LogP contribution in [-0.2, 0) is 11.2 Å². The first-order valence-corrected chi connectivity index (χ1v) is 7.44. The normalized spacial score (nSPS) is 14.7. The maximum absolute atomic E-state index is 12.2. The second-order valence-corrected chi connectivity index (χ2v) is 5.17. The van der Waals surface area contributed by atoms with Crippen molar-refractivity contribution in [3.63, 3.8) is 0 Å². The highest BCUT2D eigenvalue weighted by Gasteiger charge is 2.15. The number of carbonyl (C=O) groups excluding carboxylic acids is 1. The van der Waals surface area contributed by atoms with Gasteiger partial charge in [0.15, 0.2) is 11.5 Å². The SMILES string of the molecule is COc1ccc(CCC(=O)N2CCCNCC2)cc1OC.Cl. The van der Waals surface area contributed by atoms with E-state index >= 15 is 0 Å². The number of nitrogens with one attached hydrogen (secondary N) is 1. The Labute approximate surface area is 138 Å². The number of carbonyl (C=O) groups is 1. The van der Waals surface area contributed by atoms with Gasteiger partial charge in [-0.25, -0.2) is 0 Å². The lowest BCUT2D eigenvalue weighted by Gasteiger charge is -2.20. The van der Waals surface area contributed by atoms with Crippen molar-refractivity contribution in [2.75, 3.05) is 40.4 Å². The van der Waals surface area contributed by atoms with Gasteiger partial charge in [0.1, 0.15) is 0 Å². The molecule has 0 atom stereocenters. The summed E-state index contributed by atoms with van der Waals surface area (Å²) < 4.78 is 10.5. The average molecular weight is 329 g/mol. The highest BCUT2D eigenvalue weighted by Crippen LogP contribution is 2.28. The standard InChI is InChI=1S/C16H24N2O3.ClH/c1-20-14-6-4-13(12-15(14)21-2)5-7-16(19)18-10-3-8-17-9-11-18;/h4,6,12,17H,3,5,7-11H2,1-2H3;1H. The van der Waals surface area contributed by atoms with E-state index in [2.05, 4.69) is 5.32 Å². The van der Waals surface area contributed by atoms with Crippen LogP contribution in [0.3, 0.4) is 0 Å². The fraction of sp³-hybridized carbons (Fsp3) is 0.562. The maximum atomic E-state index is 12.2. The van der Waals surface area contributed by atoms with Crippen LogP contribution in [0.4, 0.5) is 0 Å². The molecule has 6 heteroatoms. The molecule has 1 aromatic carbocycles. The molecule has 22 heavy (non-hydrogen) atoms. The molecule has 1 aliphatic rings. The summed E-state index contributed by atoms with van der Waals surface area (Å²) in [4.78, 5) is 14.2. The number of aryl methyl sites for hydroxylation is 1. The molecular weight excluding hydrogens is 304 g/mol. The molecule has 1 aliphatic heterocycles. The highest BCUT2D eigenvalue weighted by molar-refractivity contribution is 5.85. The van der Waals surface area contributed by atoms with Gasteiger partial charge in [-0.05, 0) is 37.1 Å². The molecule has 1 N–H and O–H groups in total. The predicted molar refractivity (Wildman–Crippen MR) is 89.2 cm³/mol. The molecule has 1 amide bonds. The van der Waals surface area contributed by atoms with Crippen LogP contribution in [0.5, 0.6) is 11.5 Å². The van der Waals surface area contributed by atoms with Gasteiger partial charge >= 0.3 is 0 Å². The molecule has 0 radical (unpaired) electrons. The quantitative estimate of drug-likeness (QED) is 0.896. The van der Waals surface area contributed by atoms with Crippen LogP contribution in [-0.4, -0.2) is 51.2 Å². The van der Waals surface area contributed by atoms with Crippen molar-refractivity contribution >= 4 is 18.3 Å². The number of halogens is 1. The first-order valence-electron chi connectivity index (χ1n) is 7.44. The van der Waals surface area contributed by atoms with Gasteiger partial charge in [-0.15, -0.1) is 12.4 Å². The maximum Gasteiger partial charge on any atom is 0.222 e. The summed E-state index contributed by atoms with van der Waals surface area (Å²) in [6.45, 7) is 3.56. The zero-order chi connectivity index (χ0) is 15.1.